The lowest BCUT2D eigenvalue weighted by Gasteiger charge is -2.18. The Hall–Kier alpha value is -0.280. The van der Waals surface area contributed by atoms with Crippen LogP contribution in [-0.2, 0) is 0 Å². The standard InChI is InChI=1S/C12H18Cl2N2/c1-2-3-4-8-11(16-15)9-6-5-7-10(13)12(9)14/h5-7,11,16H,2-4,8,15H2,1H3. The summed E-state index contributed by atoms with van der Waals surface area (Å²) in [4.78, 5) is 0. The number of halogens is 2. The van der Waals surface area contributed by atoms with Gasteiger partial charge in [0.2, 0.25) is 0 Å². The number of nitrogens with one attached hydrogen (secondary N) is 1. The van der Waals surface area contributed by atoms with Crippen LogP contribution >= 0.6 is 23.2 Å². The molecule has 0 bridgehead atoms. The summed E-state index contributed by atoms with van der Waals surface area (Å²) in [5, 5.41) is 1.18. The molecular formula is C12H18Cl2N2. The van der Waals surface area contributed by atoms with Gasteiger partial charge >= 0.3 is 0 Å². The maximum Gasteiger partial charge on any atom is 0.0640 e. The highest BCUT2D eigenvalue weighted by atomic mass is 35.5. The summed E-state index contributed by atoms with van der Waals surface area (Å²) in [6.45, 7) is 2.18. The molecule has 0 amide bonds. The van der Waals surface area contributed by atoms with Crippen molar-refractivity contribution in [1.82, 2.24) is 5.43 Å². The van der Waals surface area contributed by atoms with Crippen LogP contribution in [0.2, 0.25) is 10.0 Å². The van der Waals surface area contributed by atoms with E-state index < -0.39 is 0 Å². The molecule has 0 spiro atoms. The van der Waals surface area contributed by atoms with Crippen LogP contribution in [0, 0.1) is 0 Å². The Morgan fingerprint density at radius 1 is 1.31 bits per heavy atom. The van der Waals surface area contributed by atoms with Crippen LogP contribution in [0.1, 0.15) is 44.2 Å². The second kappa shape index (κ2) is 7.13. The molecule has 0 aromatic heterocycles. The van der Waals surface area contributed by atoms with E-state index in [-0.39, 0.29) is 6.04 Å². The average Bonchev–Trinajstić information content (AvgIpc) is 2.29. The summed E-state index contributed by atoms with van der Waals surface area (Å²) in [6, 6.07) is 5.73. The molecule has 16 heavy (non-hydrogen) atoms. The van der Waals surface area contributed by atoms with Gasteiger partial charge in [-0.1, -0.05) is 61.5 Å². The largest absolute Gasteiger partial charge is 0.271 e. The molecule has 0 aliphatic carbocycles. The third kappa shape index (κ3) is 3.63. The first-order valence-corrected chi connectivity index (χ1v) is 6.36. The monoisotopic (exact) mass is 260 g/mol. The second-order valence-corrected chi connectivity index (χ2v) is 4.64. The van der Waals surface area contributed by atoms with Crippen LogP contribution in [0.4, 0.5) is 0 Å². The lowest BCUT2D eigenvalue weighted by atomic mass is 10.0. The maximum atomic E-state index is 6.15. The highest BCUT2D eigenvalue weighted by Gasteiger charge is 2.14. The molecule has 1 rings (SSSR count). The number of rotatable bonds is 6. The van der Waals surface area contributed by atoms with Crippen LogP contribution in [-0.4, -0.2) is 0 Å². The van der Waals surface area contributed by atoms with E-state index in [1.54, 1.807) is 6.07 Å². The molecule has 0 fully saturated rings. The molecule has 1 aromatic rings. The number of hydrogen-bond donors (Lipinski definition) is 2. The SMILES string of the molecule is CCCCCC(NN)c1cccc(Cl)c1Cl. The van der Waals surface area contributed by atoms with Gasteiger partial charge in [0.15, 0.2) is 0 Å². The summed E-state index contributed by atoms with van der Waals surface area (Å²) in [5.74, 6) is 5.55. The average molecular weight is 261 g/mol. The molecule has 0 heterocycles. The Kier molecular flexibility index (Phi) is 6.14. The number of unbranched alkanes of at least 4 members (excludes halogenated alkanes) is 2. The third-order valence-corrected chi connectivity index (χ3v) is 3.49. The highest BCUT2D eigenvalue weighted by Crippen LogP contribution is 2.31. The Morgan fingerprint density at radius 2 is 2.06 bits per heavy atom. The minimum absolute atomic E-state index is 0.0812. The predicted molar refractivity (Wildman–Crippen MR) is 70.7 cm³/mol. The molecule has 1 unspecified atom stereocenters. The van der Waals surface area contributed by atoms with Gasteiger partial charge in [0.25, 0.3) is 0 Å². The van der Waals surface area contributed by atoms with Crippen LogP contribution < -0.4 is 11.3 Å². The minimum Gasteiger partial charge on any atom is -0.271 e. The van der Waals surface area contributed by atoms with E-state index in [0.717, 1.165) is 18.4 Å². The zero-order valence-electron chi connectivity index (χ0n) is 9.47. The Balaban J connectivity index is 2.74. The molecule has 1 atom stereocenters. The summed E-state index contributed by atoms with van der Waals surface area (Å²) in [7, 11) is 0. The molecule has 0 saturated heterocycles. The molecule has 1 aromatic carbocycles. The van der Waals surface area contributed by atoms with Crippen LogP contribution in [0.5, 0.6) is 0 Å². The zero-order chi connectivity index (χ0) is 12.0. The van der Waals surface area contributed by atoms with Crippen molar-refractivity contribution in [2.45, 2.75) is 38.6 Å². The summed E-state index contributed by atoms with van der Waals surface area (Å²) < 4.78 is 0. The van der Waals surface area contributed by atoms with Gasteiger partial charge in [0.1, 0.15) is 0 Å². The first-order valence-electron chi connectivity index (χ1n) is 5.60. The molecule has 2 nitrogen and oxygen atoms in total. The Morgan fingerprint density at radius 3 is 2.69 bits per heavy atom. The van der Waals surface area contributed by atoms with Crippen molar-refractivity contribution in [1.29, 1.82) is 0 Å². The lowest BCUT2D eigenvalue weighted by Crippen LogP contribution is -2.28. The number of hydrazine groups is 1. The molecule has 0 saturated carbocycles. The van der Waals surface area contributed by atoms with E-state index in [9.17, 15) is 0 Å². The molecule has 90 valence electrons. The van der Waals surface area contributed by atoms with Crippen molar-refractivity contribution in [2.24, 2.45) is 5.84 Å². The van der Waals surface area contributed by atoms with Gasteiger partial charge in [-0.2, -0.15) is 0 Å². The van der Waals surface area contributed by atoms with Crippen molar-refractivity contribution < 1.29 is 0 Å². The molecule has 0 radical (unpaired) electrons. The molecule has 0 aliphatic heterocycles. The van der Waals surface area contributed by atoms with E-state index in [1.807, 2.05) is 12.1 Å². The molecule has 3 N–H and O–H groups in total. The van der Waals surface area contributed by atoms with Crippen LogP contribution in [0.3, 0.4) is 0 Å². The fourth-order valence-electron chi connectivity index (χ4n) is 1.72. The zero-order valence-corrected chi connectivity index (χ0v) is 11.0. The van der Waals surface area contributed by atoms with Gasteiger partial charge in [0, 0.05) is 6.04 Å². The van der Waals surface area contributed by atoms with Gasteiger partial charge in [-0.3, -0.25) is 11.3 Å². The fourth-order valence-corrected chi connectivity index (χ4v) is 2.16. The van der Waals surface area contributed by atoms with E-state index in [0.29, 0.717) is 10.0 Å². The van der Waals surface area contributed by atoms with Crippen molar-refractivity contribution in [2.75, 3.05) is 0 Å². The van der Waals surface area contributed by atoms with Crippen molar-refractivity contribution in [3.05, 3.63) is 33.8 Å². The summed E-state index contributed by atoms with van der Waals surface area (Å²) >= 11 is 12.1. The first kappa shape index (κ1) is 13.8. The van der Waals surface area contributed by atoms with E-state index in [1.165, 1.54) is 12.8 Å². The number of nitrogens with two attached hydrogens (primary N) is 1. The lowest BCUT2D eigenvalue weighted by molar-refractivity contribution is 0.487. The predicted octanol–water partition coefficient (Wildman–Crippen LogP) is 4.08. The Labute approximate surface area is 107 Å². The number of hydrogen-bond acceptors (Lipinski definition) is 2. The van der Waals surface area contributed by atoms with Crippen LogP contribution in [0.25, 0.3) is 0 Å². The highest BCUT2D eigenvalue weighted by molar-refractivity contribution is 6.42. The van der Waals surface area contributed by atoms with Crippen molar-refractivity contribution in [3.63, 3.8) is 0 Å². The normalized spacial score (nSPS) is 12.8. The second-order valence-electron chi connectivity index (χ2n) is 3.86. The van der Waals surface area contributed by atoms with E-state index in [2.05, 4.69) is 12.3 Å². The smallest absolute Gasteiger partial charge is 0.0640 e. The topological polar surface area (TPSA) is 38.0 Å². The Bertz CT molecular complexity index is 329. The third-order valence-electron chi connectivity index (χ3n) is 2.65. The molecule has 4 heteroatoms. The van der Waals surface area contributed by atoms with Gasteiger partial charge in [0.05, 0.1) is 10.0 Å². The quantitative estimate of drug-likeness (QED) is 0.460. The van der Waals surface area contributed by atoms with Gasteiger partial charge in [-0.15, -0.1) is 0 Å². The van der Waals surface area contributed by atoms with Gasteiger partial charge in [-0.25, -0.2) is 0 Å². The molecular weight excluding hydrogens is 243 g/mol. The molecule has 0 aliphatic rings. The summed E-state index contributed by atoms with van der Waals surface area (Å²) in [5.41, 5.74) is 3.78. The minimum atomic E-state index is 0.0812. The fraction of sp³-hybridized carbons (Fsp3) is 0.500. The van der Waals surface area contributed by atoms with E-state index in [4.69, 9.17) is 29.0 Å². The van der Waals surface area contributed by atoms with E-state index >= 15 is 0 Å². The van der Waals surface area contributed by atoms with Crippen molar-refractivity contribution in [3.8, 4) is 0 Å². The maximum absolute atomic E-state index is 6.15. The van der Waals surface area contributed by atoms with Gasteiger partial charge < -0.3 is 0 Å². The van der Waals surface area contributed by atoms with Crippen LogP contribution in [0.15, 0.2) is 18.2 Å². The van der Waals surface area contributed by atoms with Gasteiger partial charge in [-0.05, 0) is 18.1 Å². The van der Waals surface area contributed by atoms with Crippen molar-refractivity contribution >= 4 is 23.2 Å². The first-order chi connectivity index (χ1) is 7.70. The number of benzene rings is 1. The summed E-state index contributed by atoms with van der Waals surface area (Å²) in [6.07, 6.45) is 4.51.